The predicted molar refractivity (Wildman–Crippen MR) is 101 cm³/mol. The minimum Gasteiger partial charge on any atom is -0.465 e. The van der Waals surface area contributed by atoms with Crippen molar-refractivity contribution < 1.29 is 19.1 Å². The van der Waals surface area contributed by atoms with Crippen LogP contribution in [0.15, 0.2) is 47.5 Å². The van der Waals surface area contributed by atoms with Gasteiger partial charge in [0.25, 0.3) is 5.89 Å². The molecule has 1 aromatic carbocycles. The Balaban J connectivity index is 1.43. The average Bonchev–Trinajstić information content (AvgIpc) is 3.49. The summed E-state index contributed by atoms with van der Waals surface area (Å²) in [5.74, 6) is -0.303. The highest BCUT2D eigenvalue weighted by Crippen LogP contribution is 2.23. The van der Waals surface area contributed by atoms with Crippen LogP contribution in [0.3, 0.4) is 0 Å². The monoisotopic (exact) mass is 407 g/mol. The molecule has 1 aliphatic rings. The Labute approximate surface area is 170 Å². The molecule has 3 heterocycles. The fourth-order valence-corrected chi connectivity index (χ4v) is 3.47. The number of likely N-dealkylation sites (tertiary alicyclic amines) is 1. The molecule has 2 N–H and O–H groups in total. The third-order valence-corrected chi connectivity index (χ3v) is 4.84. The molecular formula is C19H17N7O4. The van der Waals surface area contributed by atoms with Gasteiger partial charge in [0.2, 0.25) is 0 Å². The van der Waals surface area contributed by atoms with Crippen molar-refractivity contribution in [3.8, 4) is 17.4 Å². The summed E-state index contributed by atoms with van der Waals surface area (Å²) in [6, 6.07) is 8.07. The summed E-state index contributed by atoms with van der Waals surface area (Å²) in [6.45, 7) is 0.495. The molecule has 11 heteroatoms. The van der Waals surface area contributed by atoms with Crippen molar-refractivity contribution in [3.63, 3.8) is 0 Å². The zero-order valence-corrected chi connectivity index (χ0v) is 15.7. The van der Waals surface area contributed by atoms with Crippen molar-refractivity contribution in [2.45, 2.75) is 25.0 Å². The normalized spacial score (nSPS) is 18.2. The number of hydrogen-bond donors (Lipinski definition) is 2. The van der Waals surface area contributed by atoms with E-state index < -0.39 is 12.0 Å². The molecule has 0 aliphatic carbocycles. The first-order valence-corrected chi connectivity index (χ1v) is 9.12. The average molecular weight is 407 g/mol. The van der Waals surface area contributed by atoms with Gasteiger partial charge in [-0.2, -0.15) is 10.4 Å². The first-order chi connectivity index (χ1) is 14.5. The molecule has 3 aromatic rings. The van der Waals surface area contributed by atoms with E-state index in [9.17, 15) is 14.7 Å². The van der Waals surface area contributed by atoms with Gasteiger partial charge in [-0.15, -0.1) is 0 Å². The van der Waals surface area contributed by atoms with Gasteiger partial charge in [-0.1, -0.05) is 12.1 Å². The largest absolute Gasteiger partial charge is 0.465 e. The maximum Gasteiger partial charge on any atom is 0.407 e. The van der Waals surface area contributed by atoms with E-state index in [1.807, 2.05) is 6.07 Å². The highest BCUT2D eigenvalue weighted by Gasteiger charge is 2.37. The zero-order valence-electron chi connectivity index (χ0n) is 15.7. The molecule has 1 fully saturated rings. The number of carbonyl (C=O) groups is 2. The van der Waals surface area contributed by atoms with E-state index in [0.717, 1.165) is 0 Å². The Morgan fingerprint density at radius 1 is 1.40 bits per heavy atom. The molecule has 30 heavy (non-hydrogen) atoms. The number of nitrogens with one attached hydrogen (secondary N) is 1. The van der Waals surface area contributed by atoms with Crippen molar-refractivity contribution in [2.75, 3.05) is 6.54 Å². The number of aromatic nitrogens is 4. The van der Waals surface area contributed by atoms with Crippen LogP contribution in [-0.2, 0) is 6.54 Å². The third-order valence-electron chi connectivity index (χ3n) is 4.84. The second kappa shape index (κ2) is 8.04. The van der Waals surface area contributed by atoms with Crippen molar-refractivity contribution in [1.82, 2.24) is 30.0 Å². The van der Waals surface area contributed by atoms with Crippen molar-refractivity contribution in [3.05, 3.63) is 54.6 Å². The third kappa shape index (κ3) is 3.97. The van der Waals surface area contributed by atoms with E-state index in [2.05, 4.69) is 20.4 Å². The summed E-state index contributed by atoms with van der Waals surface area (Å²) in [7, 11) is 0. The molecule has 0 radical (unpaired) electrons. The summed E-state index contributed by atoms with van der Waals surface area (Å²) < 4.78 is 7.10. The van der Waals surface area contributed by atoms with Crippen LogP contribution in [0.4, 0.5) is 4.79 Å². The Bertz CT molecular complexity index is 1100. The fourth-order valence-electron chi connectivity index (χ4n) is 3.47. The van der Waals surface area contributed by atoms with Gasteiger partial charge < -0.3 is 19.7 Å². The van der Waals surface area contributed by atoms with Crippen LogP contribution in [0.5, 0.6) is 0 Å². The SMILES string of the molecule is N#Cc1cccc(-c2cnc(C(=O)NC3C[C@H](Cn4cncn4)N(C(=O)O)C3)o2)c1. The molecule has 1 saturated heterocycles. The number of nitrogens with zero attached hydrogens (tertiary/aromatic N) is 6. The minimum atomic E-state index is -1.06. The summed E-state index contributed by atoms with van der Waals surface area (Å²) in [6.07, 6.45) is 3.67. The fraction of sp³-hybridized carbons (Fsp3) is 0.263. The van der Waals surface area contributed by atoms with Gasteiger partial charge in [0.15, 0.2) is 5.76 Å². The lowest BCUT2D eigenvalue weighted by atomic mass is 10.1. The number of carboxylic acid groups (broad SMARTS) is 1. The molecule has 2 amide bonds. The second-order valence-electron chi connectivity index (χ2n) is 6.83. The maximum absolute atomic E-state index is 12.6. The number of carbonyl (C=O) groups excluding carboxylic acids is 1. The standard InChI is InChI=1S/C19H17N7O4/c20-6-12-2-1-3-13(4-12)16-7-22-18(30-16)17(27)24-14-5-15(26(8-14)19(28)29)9-25-11-21-10-23-25/h1-4,7,10-11,14-15H,5,8-9H2,(H,24,27)(H,28,29)/t14?,15-/m1/s1. The summed E-state index contributed by atoms with van der Waals surface area (Å²) >= 11 is 0. The molecular weight excluding hydrogens is 390 g/mol. The van der Waals surface area contributed by atoms with Gasteiger partial charge in [-0.25, -0.2) is 14.8 Å². The number of nitriles is 1. The molecule has 1 aliphatic heterocycles. The summed E-state index contributed by atoms with van der Waals surface area (Å²) in [5, 5.41) is 25.3. The molecule has 2 aromatic heterocycles. The Morgan fingerprint density at radius 2 is 2.27 bits per heavy atom. The molecule has 0 spiro atoms. The van der Waals surface area contributed by atoms with Crippen LogP contribution in [0.2, 0.25) is 0 Å². The second-order valence-corrected chi connectivity index (χ2v) is 6.83. The van der Waals surface area contributed by atoms with Crippen molar-refractivity contribution in [2.24, 2.45) is 0 Å². The van der Waals surface area contributed by atoms with Crippen LogP contribution >= 0.6 is 0 Å². The maximum atomic E-state index is 12.6. The lowest BCUT2D eigenvalue weighted by Crippen LogP contribution is -2.39. The minimum absolute atomic E-state index is 0.131. The summed E-state index contributed by atoms with van der Waals surface area (Å²) in [5.41, 5.74) is 1.10. The molecule has 0 saturated carbocycles. The van der Waals surface area contributed by atoms with E-state index in [1.165, 1.54) is 23.8 Å². The van der Waals surface area contributed by atoms with Crippen molar-refractivity contribution >= 4 is 12.0 Å². The first kappa shape index (κ1) is 19.1. The number of rotatable bonds is 5. The van der Waals surface area contributed by atoms with Gasteiger partial charge in [0.05, 0.1) is 30.4 Å². The predicted octanol–water partition coefficient (Wildman–Crippen LogP) is 1.36. The van der Waals surface area contributed by atoms with E-state index in [-0.39, 0.29) is 24.5 Å². The number of oxazole rings is 1. The van der Waals surface area contributed by atoms with Gasteiger partial charge in [-0.3, -0.25) is 9.48 Å². The Morgan fingerprint density at radius 3 is 3.00 bits per heavy atom. The summed E-state index contributed by atoms with van der Waals surface area (Å²) in [4.78, 5) is 33.3. The van der Waals surface area contributed by atoms with E-state index in [4.69, 9.17) is 9.68 Å². The van der Waals surface area contributed by atoms with Crippen LogP contribution in [0.25, 0.3) is 11.3 Å². The van der Waals surface area contributed by atoms with Crippen molar-refractivity contribution in [1.29, 1.82) is 5.26 Å². The quantitative estimate of drug-likeness (QED) is 0.643. The van der Waals surface area contributed by atoms with Crippen LogP contribution < -0.4 is 5.32 Å². The molecule has 1 unspecified atom stereocenters. The highest BCUT2D eigenvalue weighted by atomic mass is 16.4. The molecule has 152 valence electrons. The van der Waals surface area contributed by atoms with E-state index in [0.29, 0.717) is 29.9 Å². The molecule has 4 rings (SSSR count). The smallest absolute Gasteiger partial charge is 0.407 e. The molecule has 11 nitrogen and oxygen atoms in total. The topological polar surface area (TPSA) is 150 Å². The highest BCUT2D eigenvalue weighted by molar-refractivity contribution is 5.90. The van der Waals surface area contributed by atoms with Crippen LogP contribution in [-0.4, -0.2) is 60.4 Å². The van der Waals surface area contributed by atoms with Gasteiger partial charge in [0, 0.05) is 18.2 Å². The lowest BCUT2D eigenvalue weighted by molar-refractivity contribution is 0.0901. The lowest BCUT2D eigenvalue weighted by Gasteiger charge is -2.20. The Kier molecular flexibility index (Phi) is 5.13. The van der Waals surface area contributed by atoms with E-state index >= 15 is 0 Å². The Hall–Kier alpha value is -4.20. The van der Waals surface area contributed by atoms with Crippen LogP contribution in [0, 0.1) is 11.3 Å². The molecule has 2 atom stereocenters. The number of benzene rings is 1. The first-order valence-electron chi connectivity index (χ1n) is 9.12. The van der Waals surface area contributed by atoms with E-state index in [1.54, 1.807) is 28.9 Å². The number of hydrogen-bond acceptors (Lipinski definition) is 7. The molecule has 0 bridgehead atoms. The van der Waals surface area contributed by atoms with Gasteiger partial charge in [-0.05, 0) is 18.6 Å². The zero-order chi connectivity index (χ0) is 21.1. The van der Waals surface area contributed by atoms with Gasteiger partial charge in [0.1, 0.15) is 12.7 Å². The van der Waals surface area contributed by atoms with Gasteiger partial charge >= 0.3 is 12.0 Å². The number of amides is 2. The van der Waals surface area contributed by atoms with Crippen LogP contribution in [0.1, 0.15) is 22.7 Å².